The van der Waals surface area contributed by atoms with Crippen LogP contribution in [0.2, 0.25) is 0 Å². The molecule has 0 aromatic rings. The highest BCUT2D eigenvalue weighted by Gasteiger charge is 2.46. The summed E-state index contributed by atoms with van der Waals surface area (Å²) >= 11 is 0. The van der Waals surface area contributed by atoms with E-state index in [1.165, 1.54) is 38.9 Å². The van der Waals surface area contributed by atoms with Gasteiger partial charge in [-0.3, -0.25) is 4.79 Å². The molecule has 0 unspecified atom stereocenters. The van der Waals surface area contributed by atoms with Gasteiger partial charge in [-0.05, 0) is 64.2 Å². The summed E-state index contributed by atoms with van der Waals surface area (Å²) in [4.78, 5) is 17.0. The molecule has 0 aromatic carbocycles. The minimum absolute atomic E-state index is 0.329. The summed E-state index contributed by atoms with van der Waals surface area (Å²) in [7, 11) is 0. The lowest BCUT2D eigenvalue weighted by Gasteiger charge is -2.54. The lowest BCUT2D eigenvalue weighted by molar-refractivity contribution is -0.147. The monoisotopic (exact) mass is 381 g/mol. The number of ether oxygens (including phenoxy) is 1. The van der Waals surface area contributed by atoms with Crippen LogP contribution in [0.3, 0.4) is 0 Å². The predicted molar refractivity (Wildman–Crippen MR) is 112 cm³/mol. The van der Waals surface area contributed by atoms with Crippen molar-refractivity contribution in [3.63, 3.8) is 0 Å². The van der Waals surface area contributed by atoms with Gasteiger partial charge < -0.3 is 19.9 Å². The second-order valence-electron chi connectivity index (χ2n) is 9.45. The zero-order chi connectivity index (χ0) is 19.7. The molecule has 2 fully saturated rings. The van der Waals surface area contributed by atoms with Crippen LogP contribution in [0.25, 0.3) is 0 Å². The Balaban J connectivity index is 1.51. The molecule has 0 radical (unpaired) electrons. The molecular weight excluding hydrogens is 338 g/mol. The van der Waals surface area contributed by atoms with E-state index in [9.17, 15) is 4.79 Å². The second kappa shape index (κ2) is 11.4. The molecule has 1 amide bonds. The molecule has 158 valence electrons. The van der Waals surface area contributed by atoms with Crippen LogP contribution in [0, 0.1) is 11.3 Å². The van der Waals surface area contributed by atoms with Crippen molar-refractivity contribution in [2.24, 2.45) is 11.3 Å². The number of carbonyl (C=O) groups excluding carboxylic acids is 1. The molecule has 0 atom stereocenters. The summed E-state index contributed by atoms with van der Waals surface area (Å²) in [5.41, 5.74) is 0.427. The van der Waals surface area contributed by atoms with Crippen LogP contribution in [-0.2, 0) is 9.53 Å². The third-order valence-electron chi connectivity index (χ3n) is 6.04. The average Bonchev–Trinajstić information content (AvgIpc) is 2.59. The Morgan fingerprint density at radius 3 is 2.41 bits per heavy atom. The number of rotatable bonds is 12. The van der Waals surface area contributed by atoms with Crippen molar-refractivity contribution in [2.75, 3.05) is 52.5 Å². The normalized spacial score (nSPS) is 19.9. The second-order valence-corrected chi connectivity index (χ2v) is 9.45. The van der Waals surface area contributed by atoms with E-state index in [4.69, 9.17) is 4.74 Å². The Morgan fingerprint density at radius 1 is 1.07 bits per heavy atom. The van der Waals surface area contributed by atoms with Gasteiger partial charge in [0.25, 0.3) is 0 Å². The van der Waals surface area contributed by atoms with Gasteiger partial charge in [0.2, 0.25) is 5.91 Å². The smallest absolute Gasteiger partial charge is 0.222 e. The van der Waals surface area contributed by atoms with E-state index in [0.717, 1.165) is 45.7 Å². The lowest BCUT2D eigenvalue weighted by atomic mass is 9.72. The number of amides is 1. The van der Waals surface area contributed by atoms with Crippen molar-refractivity contribution >= 4 is 5.91 Å². The van der Waals surface area contributed by atoms with Gasteiger partial charge >= 0.3 is 0 Å². The highest BCUT2D eigenvalue weighted by atomic mass is 16.5. The quantitative estimate of drug-likeness (QED) is 0.528. The standard InChI is InChI=1S/C22H43N3O2/c1-19(2)8-16-27-15-5-7-21(26)25-17-22(18-25)9-13-24(14-10-22)12-6-11-23-20(3)4/h19-20,23H,5-18H2,1-4H3. The number of hydrogen-bond donors (Lipinski definition) is 1. The van der Waals surface area contributed by atoms with Crippen molar-refractivity contribution in [2.45, 2.75) is 72.3 Å². The Morgan fingerprint density at radius 2 is 1.78 bits per heavy atom. The van der Waals surface area contributed by atoms with E-state index < -0.39 is 0 Å². The number of nitrogens with one attached hydrogen (secondary N) is 1. The average molecular weight is 382 g/mol. The fourth-order valence-corrected chi connectivity index (χ4v) is 4.11. The zero-order valence-corrected chi connectivity index (χ0v) is 18.3. The molecular formula is C22H43N3O2. The lowest BCUT2D eigenvalue weighted by Crippen LogP contribution is -2.61. The SMILES string of the molecule is CC(C)CCOCCCC(=O)N1CC2(CCN(CCCNC(C)C)CC2)C1. The topological polar surface area (TPSA) is 44.8 Å². The number of nitrogens with zero attached hydrogens (tertiary/aromatic N) is 2. The number of piperidine rings is 1. The minimum Gasteiger partial charge on any atom is -0.381 e. The van der Waals surface area contributed by atoms with E-state index >= 15 is 0 Å². The molecule has 5 heteroatoms. The number of carbonyl (C=O) groups is 1. The molecule has 0 bridgehead atoms. The first kappa shape index (κ1) is 22.6. The van der Waals surface area contributed by atoms with E-state index in [2.05, 4.69) is 42.8 Å². The van der Waals surface area contributed by atoms with Crippen LogP contribution in [0.4, 0.5) is 0 Å². The summed E-state index contributed by atoms with van der Waals surface area (Å²) in [5, 5.41) is 3.49. The van der Waals surface area contributed by atoms with E-state index in [0.29, 0.717) is 29.7 Å². The molecule has 2 aliphatic heterocycles. The fourth-order valence-electron chi connectivity index (χ4n) is 4.11. The highest BCUT2D eigenvalue weighted by Crippen LogP contribution is 2.40. The molecule has 1 N–H and O–H groups in total. The first-order chi connectivity index (χ1) is 12.9. The molecule has 2 rings (SSSR count). The van der Waals surface area contributed by atoms with Crippen molar-refractivity contribution in [1.29, 1.82) is 0 Å². The Labute approximate surface area is 167 Å². The summed E-state index contributed by atoms with van der Waals surface area (Å²) in [6.07, 6.45) is 6.35. The van der Waals surface area contributed by atoms with Crippen LogP contribution < -0.4 is 5.32 Å². The molecule has 0 saturated carbocycles. The van der Waals surface area contributed by atoms with Crippen molar-refractivity contribution in [3.8, 4) is 0 Å². The molecule has 27 heavy (non-hydrogen) atoms. The van der Waals surface area contributed by atoms with Crippen molar-refractivity contribution < 1.29 is 9.53 Å². The molecule has 2 aliphatic rings. The minimum atomic E-state index is 0.329. The number of hydrogen-bond acceptors (Lipinski definition) is 4. The van der Waals surface area contributed by atoms with Crippen LogP contribution in [0.5, 0.6) is 0 Å². The van der Waals surface area contributed by atoms with Gasteiger partial charge in [0.05, 0.1) is 0 Å². The molecule has 5 nitrogen and oxygen atoms in total. The maximum atomic E-state index is 12.3. The summed E-state index contributed by atoms with van der Waals surface area (Å²) in [5.74, 6) is 1.02. The largest absolute Gasteiger partial charge is 0.381 e. The van der Waals surface area contributed by atoms with E-state index in [-0.39, 0.29) is 0 Å². The van der Waals surface area contributed by atoms with E-state index in [1.54, 1.807) is 0 Å². The Bertz CT molecular complexity index is 423. The van der Waals surface area contributed by atoms with Gasteiger partial charge in [0.1, 0.15) is 0 Å². The third-order valence-corrected chi connectivity index (χ3v) is 6.04. The predicted octanol–water partition coefficient (Wildman–Crippen LogP) is 3.14. The van der Waals surface area contributed by atoms with Gasteiger partial charge in [0.15, 0.2) is 0 Å². The van der Waals surface area contributed by atoms with Gasteiger partial charge in [-0.15, -0.1) is 0 Å². The van der Waals surface area contributed by atoms with E-state index in [1.807, 2.05) is 0 Å². The van der Waals surface area contributed by atoms with Crippen LogP contribution in [0.1, 0.15) is 66.2 Å². The Hall–Kier alpha value is -0.650. The first-order valence-corrected chi connectivity index (χ1v) is 11.2. The maximum Gasteiger partial charge on any atom is 0.222 e. The van der Waals surface area contributed by atoms with Crippen molar-refractivity contribution in [3.05, 3.63) is 0 Å². The fraction of sp³-hybridized carbons (Fsp3) is 0.955. The summed E-state index contributed by atoms with van der Waals surface area (Å²) < 4.78 is 5.62. The number of likely N-dealkylation sites (tertiary alicyclic amines) is 2. The van der Waals surface area contributed by atoms with Gasteiger partial charge in [-0.25, -0.2) is 0 Å². The molecule has 0 aliphatic carbocycles. The molecule has 2 saturated heterocycles. The Kier molecular flexibility index (Phi) is 9.54. The highest BCUT2D eigenvalue weighted by molar-refractivity contribution is 5.77. The van der Waals surface area contributed by atoms with Gasteiger partial charge in [-0.2, -0.15) is 0 Å². The zero-order valence-electron chi connectivity index (χ0n) is 18.3. The molecule has 2 heterocycles. The van der Waals surface area contributed by atoms with Gasteiger partial charge in [-0.1, -0.05) is 27.7 Å². The van der Waals surface area contributed by atoms with Crippen LogP contribution in [0.15, 0.2) is 0 Å². The first-order valence-electron chi connectivity index (χ1n) is 11.2. The third kappa shape index (κ3) is 8.08. The van der Waals surface area contributed by atoms with Gasteiger partial charge in [0, 0.05) is 44.2 Å². The van der Waals surface area contributed by atoms with Crippen LogP contribution in [-0.4, -0.2) is 74.2 Å². The molecule has 0 aromatic heterocycles. The summed E-state index contributed by atoms with van der Waals surface area (Å²) in [6, 6.07) is 0.583. The van der Waals surface area contributed by atoms with Crippen molar-refractivity contribution in [1.82, 2.24) is 15.1 Å². The molecule has 1 spiro atoms. The summed E-state index contributed by atoms with van der Waals surface area (Å²) in [6.45, 7) is 17.1. The maximum absolute atomic E-state index is 12.3. The van der Waals surface area contributed by atoms with Crippen LogP contribution >= 0.6 is 0 Å².